The van der Waals surface area contributed by atoms with Crippen LogP contribution in [0.1, 0.15) is 27.7 Å². The normalized spacial score (nSPS) is 9.22. The fourth-order valence-electron chi connectivity index (χ4n) is 0.459. The smallest absolute Gasteiger partial charge is 0.333 e. The Morgan fingerprint density at radius 3 is 1.04 bits per heavy atom. The summed E-state index contributed by atoms with van der Waals surface area (Å²) in [5.41, 5.74) is 0. The number of hydrogen-bond donors (Lipinski definition) is 4. The summed E-state index contributed by atoms with van der Waals surface area (Å²) >= 11 is 0. The first-order chi connectivity index (χ1) is 10.2. The molecule has 136 valence electrons. The topological polar surface area (TPSA) is 134 Å². The molecule has 9 heteroatoms. The van der Waals surface area contributed by atoms with Crippen LogP contribution in [0.3, 0.4) is 0 Å². The van der Waals surface area contributed by atoms with Gasteiger partial charge in [-0.15, -0.1) is 0 Å². The zero-order valence-corrected chi connectivity index (χ0v) is 16.1. The Bertz CT molecular complexity index is 287. The molecular weight excluding hydrogens is 344 g/mol. The molecule has 0 aromatic heterocycles. The molecule has 0 bridgehead atoms. The first-order valence-electron chi connectivity index (χ1n) is 6.28. The molecule has 23 heavy (non-hydrogen) atoms. The average Bonchev–Trinajstić information content (AvgIpc) is 2.39. The summed E-state index contributed by atoms with van der Waals surface area (Å²) in [6.45, 7) is 6.66. The van der Waals surface area contributed by atoms with E-state index in [1.54, 1.807) is 13.8 Å². The molecule has 0 amide bonds. The van der Waals surface area contributed by atoms with Crippen LogP contribution in [-0.4, -0.2) is 59.8 Å². The standard InChI is InChI=1S/2C5H8O3.2C2H6O.Ti/c2*1-4(6)3-5(7)8-2;2*1-2-3;/h2*3,6H,1-2H3;2*3H,2H2,1H3;. The van der Waals surface area contributed by atoms with Crippen molar-refractivity contribution in [2.45, 2.75) is 27.7 Å². The van der Waals surface area contributed by atoms with E-state index in [1.165, 1.54) is 28.1 Å². The number of aliphatic hydroxyl groups is 4. The number of hydrogen-bond acceptors (Lipinski definition) is 8. The second-order valence-corrected chi connectivity index (χ2v) is 3.25. The molecule has 4 N–H and O–H groups in total. The molecule has 0 aliphatic rings. The van der Waals surface area contributed by atoms with Crippen molar-refractivity contribution in [3.63, 3.8) is 0 Å². The Labute approximate surface area is 152 Å². The van der Waals surface area contributed by atoms with Gasteiger partial charge in [0.25, 0.3) is 0 Å². The van der Waals surface area contributed by atoms with Gasteiger partial charge in [-0.3, -0.25) is 0 Å². The van der Waals surface area contributed by atoms with Gasteiger partial charge in [0, 0.05) is 34.9 Å². The third-order valence-electron chi connectivity index (χ3n) is 1.06. The van der Waals surface area contributed by atoms with Gasteiger partial charge in [-0.2, -0.15) is 0 Å². The molecule has 0 aliphatic carbocycles. The van der Waals surface area contributed by atoms with E-state index in [0.717, 1.165) is 12.2 Å². The van der Waals surface area contributed by atoms with E-state index in [-0.39, 0.29) is 46.4 Å². The number of methoxy groups -OCH3 is 2. The molecule has 0 fully saturated rings. The van der Waals surface area contributed by atoms with Crippen molar-refractivity contribution < 1.29 is 61.2 Å². The van der Waals surface area contributed by atoms with Gasteiger partial charge >= 0.3 is 11.9 Å². The van der Waals surface area contributed by atoms with Crippen molar-refractivity contribution in [2.24, 2.45) is 0 Å². The van der Waals surface area contributed by atoms with Crippen LogP contribution in [0.15, 0.2) is 23.7 Å². The molecule has 0 saturated heterocycles. The third kappa shape index (κ3) is 63.3. The Kier molecular flexibility index (Phi) is 41.7. The summed E-state index contributed by atoms with van der Waals surface area (Å²) in [6, 6.07) is 0. The molecule has 0 aromatic carbocycles. The molecule has 0 heterocycles. The van der Waals surface area contributed by atoms with Crippen molar-refractivity contribution in [3.05, 3.63) is 23.7 Å². The fraction of sp³-hybridized carbons (Fsp3) is 0.571. The zero-order valence-electron chi connectivity index (χ0n) is 14.5. The van der Waals surface area contributed by atoms with Crippen molar-refractivity contribution >= 4 is 11.9 Å². The minimum atomic E-state index is -0.537. The van der Waals surface area contributed by atoms with Crippen molar-refractivity contribution in [1.29, 1.82) is 0 Å². The molecule has 0 unspecified atom stereocenters. The monoisotopic (exact) mass is 372 g/mol. The maximum Gasteiger partial charge on any atom is 0.333 e. The summed E-state index contributed by atoms with van der Waals surface area (Å²) in [5.74, 6) is -1.16. The second kappa shape index (κ2) is 28.8. The van der Waals surface area contributed by atoms with E-state index < -0.39 is 11.9 Å². The molecule has 0 aromatic rings. The van der Waals surface area contributed by atoms with Gasteiger partial charge in [0.2, 0.25) is 0 Å². The number of ether oxygens (including phenoxy) is 2. The van der Waals surface area contributed by atoms with Gasteiger partial charge in [0.15, 0.2) is 0 Å². The summed E-state index contributed by atoms with van der Waals surface area (Å²) in [5, 5.41) is 32.0. The van der Waals surface area contributed by atoms with Crippen LogP contribution in [0, 0.1) is 0 Å². The number of allylic oxidation sites excluding steroid dienone is 2. The molecule has 0 atom stereocenters. The Morgan fingerprint density at radius 2 is 1.00 bits per heavy atom. The Hall–Kier alpha value is -1.35. The molecule has 0 saturated carbocycles. The fourth-order valence-corrected chi connectivity index (χ4v) is 0.459. The molecule has 0 aliphatic heterocycles. The Morgan fingerprint density at radius 1 is 0.826 bits per heavy atom. The number of esters is 2. The van der Waals surface area contributed by atoms with E-state index in [2.05, 4.69) is 9.47 Å². The van der Waals surface area contributed by atoms with Crippen molar-refractivity contribution in [3.8, 4) is 0 Å². The molecule has 8 nitrogen and oxygen atoms in total. The number of carbonyl (C=O) groups excluding carboxylic acids is 2. The van der Waals surface area contributed by atoms with E-state index in [4.69, 9.17) is 20.4 Å². The van der Waals surface area contributed by atoms with Gasteiger partial charge < -0.3 is 29.9 Å². The van der Waals surface area contributed by atoms with E-state index in [0.29, 0.717) is 0 Å². The van der Waals surface area contributed by atoms with Crippen LogP contribution in [0.25, 0.3) is 0 Å². The first kappa shape index (κ1) is 33.3. The molecular formula is C14H28O8Ti. The number of aliphatic hydroxyl groups excluding tert-OH is 4. The molecule has 0 rings (SSSR count). The number of rotatable bonds is 2. The maximum absolute atomic E-state index is 10.2. The maximum atomic E-state index is 10.2. The second-order valence-electron chi connectivity index (χ2n) is 3.25. The summed E-state index contributed by atoms with van der Waals surface area (Å²) in [4.78, 5) is 20.3. The van der Waals surface area contributed by atoms with Crippen LogP contribution in [-0.2, 0) is 40.8 Å². The van der Waals surface area contributed by atoms with Gasteiger partial charge in [0.1, 0.15) is 0 Å². The molecule has 0 radical (unpaired) electrons. The van der Waals surface area contributed by atoms with Crippen LogP contribution in [0.4, 0.5) is 0 Å². The number of carbonyl (C=O) groups is 2. The van der Waals surface area contributed by atoms with Crippen LogP contribution in [0.2, 0.25) is 0 Å². The quantitative estimate of drug-likeness (QED) is 0.246. The van der Waals surface area contributed by atoms with Gasteiger partial charge in [-0.1, -0.05) is 0 Å². The molecule has 0 spiro atoms. The van der Waals surface area contributed by atoms with Crippen molar-refractivity contribution in [2.75, 3.05) is 27.4 Å². The Balaban J connectivity index is -0.0000000680. The largest absolute Gasteiger partial charge is 0.512 e. The van der Waals surface area contributed by atoms with Crippen LogP contribution >= 0.6 is 0 Å². The first-order valence-corrected chi connectivity index (χ1v) is 6.28. The summed E-state index contributed by atoms with van der Waals surface area (Å²) < 4.78 is 8.37. The summed E-state index contributed by atoms with van der Waals surface area (Å²) in [6.07, 6.45) is 2.00. The summed E-state index contributed by atoms with van der Waals surface area (Å²) in [7, 11) is 2.50. The predicted octanol–water partition coefficient (Wildman–Crippen LogP) is 1.24. The van der Waals surface area contributed by atoms with Gasteiger partial charge in [-0.25, -0.2) is 9.59 Å². The van der Waals surface area contributed by atoms with E-state index in [1.807, 2.05) is 0 Å². The van der Waals surface area contributed by atoms with Crippen LogP contribution < -0.4 is 0 Å². The van der Waals surface area contributed by atoms with Gasteiger partial charge in [-0.05, 0) is 27.7 Å². The SMILES string of the molecule is CCO.CCO.COC(=O)C=C(C)O.COC(=O)C=C(C)O.[Ti]. The predicted molar refractivity (Wildman–Crippen MR) is 82.3 cm³/mol. The van der Waals surface area contributed by atoms with Crippen LogP contribution in [0.5, 0.6) is 0 Å². The third-order valence-corrected chi connectivity index (χ3v) is 1.06. The minimum absolute atomic E-state index is 0. The van der Waals surface area contributed by atoms with Gasteiger partial charge in [0.05, 0.1) is 37.9 Å². The minimum Gasteiger partial charge on any atom is -0.512 e. The average molecular weight is 372 g/mol. The van der Waals surface area contributed by atoms with E-state index >= 15 is 0 Å². The van der Waals surface area contributed by atoms with Crippen molar-refractivity contribution in [1.82, 2.24) is 0 Å². The van der Waals surface area contributed by atoms with E-state index in [9.17, 15) is 9.59 Å². The zero-order chi connectivity index (χ0) is 18.6.